The maximum Gasteiger partial charge on any atom is 0.268 e. The minimum absolute atomic E-state index is 0.0912. The average molecular weight is 556 g/mol. The van der Waals surface area contributed by atoms with Gasteiger partial charge in [-0.2, -0.15) is 4.57 Å². The van der Waals surface area contributed by atoms with Crippen LogP contribution in [0.5, 0.6) is 5.75 Å². The van der Waals surface area contributed by atoms with Crippen molar-refractivity contribution >= 4 is 34.5 Å². The van der Waals surface area contributed by atoms with E-state index in [9.17, 15) is 4.79 Å². The van der Waals surface area contributed by atoms with Gasteiger partial charge in [-0.05, 0) is 48.4 Å². The molecule has 0 radical (unpaired) electrons. The summed E-state index contributed by atoms with van der Waals surface area (Å²) in [6.07, 6.45) is 18.2. The van der Waals surface area contributed by atoms with Crippen molar-refractivity contribution < 1.29 is 14.1 Å². The van der Waals surface area contributed by atoms with Gasteiger partial charge in [0, 0.05) is 10.7 Å². The molecule has 2 aromatic carbocycles. The Morgan fingerprint density at radius 3 is 2.11 bits per heavy atom. The summed E-state index contributed by atoms with van der Waals surface area (Å²) in [5.74, 6) is 0.672. The fraction of sp³-hybridized carbons (Fsp3) is 0.500. The van der Waals surface area contributed by atoms with E-state index in [0.717, 1.165) is 29.0 Å². The van der Waals surface area contributed by atoms with Crippen LogP contribution in [0.3, 0.4) is 0 Å². The van der Waals surface area contributed by atoms with E-state index in [0.29, 0.717) is 11.6 Å². The van der Waals surface area contributed by atoms with Crippen molar-refractivity contribution in [1.29, 1.82) is 0 Å². The van der Waals surface area contributed by atoms with Crippen LogP contribution >= 0.6 is 22.9 Å². The lowest BCUT2D eigenvalue weighted by atomic mass is 10.1. The molecule has 1 heterocycles. The van der Waals surface area contributed by atoms with Crippen LogP contribution in [0.4, 0.5) is 5.69 Å². The zero-order valence-electron chi connectivity index (χ0n) is 23.1. The van der Waals surface area contributed by atoms with Crippen molar-refractivity contribution in [2.45, 2.75) is 90.4 Å². The Labute approximate surface area is 238 Å². The molecule has 0 aliphatic carbocycles. The summed E-state index contributed by atoms with van der Waals surface area (Å²) < 4.78 is 7.99. The van der Waals surface area contributed by atoms with E-state index in [4.69, 9.17) is 16.3 Å². The average Bonchev–Trinajstić information content (AvgIpc) is 3.34. The zero-order chi connectivity index (χ0) is 27.0. The van der Waals surface area contributed by atoms with Gasteiger partial charge in [0.15, 0.2) is 6.20 Å². The largest absolute Gasteiger partial charge is 0.494 e. The van der Waals surface area contributed by atoms with Crippen LogP contribution in [-0.2, 0) is 18.3 Å². The van der Waals surface area contributed by atoms with Crippen LogP contribution in [0.15, 0.2) is 54.0 Å². The van der Waals surface area contributed by atoms with Crippen molar-refractivity contribution in [3.63, 3.8) is 0 Å². The van der Waals surface area contributed by atoms with Gasteiger partial charge in [-0.1, -0.05) is 107 Å². The Morgan fingerprint density at radius 2 is 1.53 bits per heavy atom. The molecule has 0 aliphatic heterocycles. The molecule has 38 heavy (non-hydrogen) atoms. The van der Waals surface area contributed by atoms with Crippen molar-refractivity contribution in [3.8, 4) is 16.3 Å². The predicted molar refractivity (Wildman–Crippen MR) is 161 cm³/mol. The number of hydrogen-bond acceptors (Lipinski definition) is 3. The quantitative estimate of drug-likeness (QED) is 0.125. The fourth-order valence-electron chi connectivity index (χ4n) is 4.58. The second-order valence-corrected chi connectivity index (χ2v) is 11.4. The maximum atomic E-state index is 12.6. The van der Waals surface area contributed by atoms with Gasteiger partial charge in [0.05, 0.1) is 24.0 Å². The number of hydrogen-bond donors (Lipinski definition) is 1. The number of halogens is 1. The number of anilines is 1. The molecule has 3 rings (SSSR count). The second kappa shape index (κ2) is 17.3. The molecule has 0 aliphatic rings. The number of carbonyl (C=O) groups is 1. The van der Waals surface area contributed by atoms with E-state index in [1.165, 1.54) is 75.6 Å². The molecule has 0 atom stereocenters. The van der Waals surface area contributed by atoms with Gasteiger partial charge in [-0.3, -0.25) is 4.79 Å². The number of nitrogens with zero attached hydrogens (tertiary/aromatic N) is 1. The second-order valence-electron chi connectivity index (χ2n) is 10.1. The normalized spacial score (nSPS) is 11.0. The van der Waals surface area contributed by atoms with Crippen LogP contribution in [0.1, 0.15) is 89.5 Å². The number of unbranched alkanes of at least 4 members (excludes halogenated alkanes) is 11. The van der Waals surface area contributed by atoms with Crippen molar-refractivity contribution in [3.05, 3.63) is 64.6 Å². The van der Waals surface area contributed by atoms with E-state index < -0.39 is 0 Å². The summed E-state index contributed by atoms with van der Waals surface area (Å²) in [5, 5.41) is 6.77. The third-order valence-corrected chi connectivity index (χ3v) is 8.20. The first-order chi connectivity index (χ1) is 18.6. The predicted octanol–water partition coefficient (Wildman–Crippen LogP) is 9.15. The van der Waals surface area contributed by atoms with Crippen molar-refractivity contribution in [1.82, 2.24) is 0 Å². The number of thiazole rings is 1. The zero-order valence-corrected chi connectivity index (χ0v) is 24.7. The van der Waals surface area contributed by atoms with Crippen LogP contribution in [-0.4, -0.2) is 12.5 Å². The lowest BCUT2D eigenvalue weighted by Crippen LogP contribution is -2.26. The Bertz CT molecular complexity index is 1100. The van der Waals surface area contributed by atoms with Gasteiger partial charge in [-0.25, -0.2) is 0 Å². The number of rotatable bonds is 18. The molecule has 1 aromatic heterocycles. The number of nitrogens with one attached hydrogen (secondary N) is 1. The Kier molecular flexibility index (Phi) is 13.7. The molecule has 0 saturated carbocycles. The van der Waals surface area contributed by atoms with Crippen molar-refractivity contribution in [2.75, 3.05) is 11.9 Å². The van der Waals surface area contributed by atoms with Gasteiger partial charge in [-0.15, -0.1) is 0 Å². The summed E-state index contributed by atoms with van der Waals surface area (Å²) in [5.41, 5.74) is 2.70. The summed E-state index contributed by atoms with van der Waals surface area (Å²) in [6, 6.07) is 13.5. The number of aromatic nitrogens is 1. The molecule has 206 valence electrons. The summed E-state index contributed by atoms with van der Waals surface area (Å²) >= 11 is 8.16. The highest BCUT2D eigenvalue weighted by atomic mass is 35.5. The first-order valence-electron chi connectivity index (χ1n) is 14.3. The summed E-state index contributed by atoms with van der Waals surface area (Å²) in [7, 11) is 2.03. The number of benzene rings is 2. The van der Waals surface area contributed by atoms with Crippen LogP contribution in [0.25, 0.3) is 10.6 Å². The molecular formula is C32H44ClN2O2S+. The lowest BCUT2D eigenvalue weighted by molar-refractivity contribution is -0.655. The van der Waals surface area contributed by atoms with Crippen molar-refractivity contribution in [2.24, 2.45) is 7.05 Å². The third-order valence-electron chi connectivity index (χ3n) is 6.84. The van der Waals surface area contributed by atoms with Gasteiger partial charge in [0.25, 0.3) is 5.01 Å². The molecule has 0 bridgehead atoms. The minimum Gasteiger partial charge on any atom is -0.494 e. The number of aryl methyl sites for hydroxylation is 1. The smallest absolute Gasteiger partial charge is 0.268 e. The third kappa shape index (κ3) is 10.8. The van der Waals surface area contributed by atoms with Gasteiger partial charge < -0.3 is 10.1 Å². The van der Waals surface area contributed by atoms with Gasteiger partial charge in [0.2, 0.25) is 5.91 Å². The van der Waals surface area contributed by atoms with Crippen LogP contribution in [0.2, 0.25) is 5.02 Å². The van der Waals surface area contributed by atoms with E-state index in [-0.39, 0.29) is 12.3 Å². The van der Waals surface area contributed by atoms with Crippen LogP contribution < -0.4 is 14.6 Å². The fourth-order valence-corrected chi connectivity index (χ4v) is 5.69. The summed E-state index contributed by atoms with van der Waals surface area (Å²) in [4.78, 5) is 12.6. The molecule has 1 amide bonds. The molecule has 0 unspecified atom stereocenters. The van der Waals surface area contributed by atoms with Gasteiger partial charge in [0.1, 0.15) is 12.8 Å². The monoisotopic (exact) mass is 555 g/mol. The standard InChI is InChI=1S/C32H43ClN2O2S/c1-3-4-5-6-7-8-9-10-11-12-13-14-22-37-29-20-17-27(30(33)25-29)24-31(36)34-28-18-15-26(16-19-28)32-35(2)21-23-38-32/h15-21,23,25H,3-14,22,24H2,1-2H3/p+1. The molecule has 0 spiro atoms. The molecule has 4 nitrogen and oxygen atoms in total. The van der Waals surface area contributed by atoms with E-state index in [1.807, 2.05) is 55.7 Å². The molecule has 6 heteroatoms. The number of ether oxygens (including phenoxy) is 1. The molecule has 0 saturated heterocycles. The topological polar surface area (TPSA) is 42.2 Å². The first-order valence-corrected chi connectivity index (χ1v) is 15.6. The highest BCUT2D eigenvalue weighted by molar-refractivity contribution is 7.12. The number of carbonyl (C=O) groups excluding carboxylic acids is 1. The first kappa shape index (κ1) is 30.2. The summed E-state index contributed by atoms with van der Waals surface area (Å²) in [6.45, 7) is 2.97. The minimum atomic E-state index is -0.0912. The Morgan fingerprint density at radius 1 is 0.895 bits per heavy atom. The van der Waals surface area contributed by atoms with E-state index in [2.05, 4.69) is 22.2 Å². The SMILES string of the molecule is CCCCCCCCCCCCCCOc1ccc(CC(=O)Nc2ccc(-c3scc[n+]3C)cc2)c(Cl)c1. The molecule has 0 fully saturated rings. The highest BCUT2D eigenvalue weighted by Gasteiger charge is 2.12. The van der Waals surface area contributed by atoms with Gasteiger partial charge >= 0.3 is 0 Å². The molecule has 1 N–H and O–H groups in total. The Hall–Kier alpha value is -2.37. The van der Waals surface area contributed by atoms with Crippen LogP contribution in [0, 0.1) is 0 Å². The highest BCUT2D eigenvalue weighted by Crippen LogP contribution is 2.25. The molecular weight excluding hydrogens is 512 g/mol. The van der Waals surface area contributed by atoms with E-state index in [1.54, 1.807) is 11.3 Å². The van der Waals surface area contributed by atoms with E-state index >= 15 is 0 Å². The lowest BCUT2D eigenvalue weighted by Gasteiger charge is -2.10. The maximum absolute atomic E-state index is 12.6. The number of amides is 1. The Balaban J connectivity index is 1.29. The molecule has 3 aromatic rings.